The van der Waals surface area contributed by atoms with Crippen molar-refractivity contribution in [1.29, 1.82) is 0 Å². The monoisotopic (exact) mass is 216 g/mol. The molecule has 88 valence electrons. The number of amides is 1. The van der Waals surface area contributed by atoms with E-state index in [0.29, 0.717) is 12.8 Å². The lowest BCUT2D eigenvalue weighted by Gasteiger charge is -2.24. The Morgan fingerprint density at radius 3 is 2.33 bits per heavy atom. The molecule has 0 radical (unpaired) electrons. The van der Waals surface area contributed by atoms with E-state index in [1.54, 1.807) is 13.8 Å². The summed E-state index contributed by atoms with van der Waals surface area (Å²) < 4.78 is 0. The van der Waals surface area contributed by atoms with E-state index in [2.05, 4.69) is 5.32 Å². The largest absolute Gasteiger partial charge is 0.480 e. The second-order valence-electron chi connectivity index (χ2n) is 3.94. The molecule has 1 amide bonds. The third-order valence-corrected chi connectivity index (χ3v) is 2.30. The van der Waals surface area contributed by atoms with Crippen molar-refractivity contribution in [3.05, 3.63) is 0 Å². The summed E-state index contributed by atoms with van der Waals surface area (Å²) >= 11 is 0. The Morgan fingerprint density at radius 1 is 1.47 bits per heavy atom. The van der Waals surface area contributed by atoms with Crippen LogP contribution in [-0.2, 0) is 9.59 Å². The van der Waals surface area contributed by atoms with Crippen LogP contribution in [0.5, 0.6) is 0 Å². The van der Waals surface area contributed by atoms with Crippen molar-refractivity contribution < 1.29 is 14.7 Å². The topological polar surface area (TPSA) is 92.4 Å². The normalized spacial score (nSPS) is 16.5. The van der Waals surface area contributed by atoms with Crippen molar-refractivity contribution in [3.8, 4) is 0 Å². The molecular formula is C10H20N2O3. The highest BCUT2D eigenvalue weighted by atomic mass is 16.4. The molecule has 0 heterocycles. The van der Waals surface area contributed by atoms with Crippen molar-refractivity contribution in [2.24, 2.45) is 5.73 Å². The predicted octanol–water partition coefficient (Wildman–Crippen LogP) is 0.483. The van der Waals surface area contributed by atoms with E-state index in [4.69, 9.17) is 10.8 Å². The fourth-order valence-corrected chi connectivity index (χ4v) is 1.29. The Labute approximate surface area is 90.0 Å². The van der Waals surface area contributed by atoms with E-state index in [-0.39, 0.29) is 0 Å². The number of rotatable bonds is 6. The van der Waals surface area contributed by atoms with Gasteiger partial charge < -0.3 is 16.2 Å². The number of carboxylic acids is 1. The van der Waals surface area contributed by atoms with Crippen molar-refractivity contribution in [2.45, 2.75) is 51.6 Å². The van der Waals surface area contributed by atoms with Gasteiger partial charge in [0.05, 0.1) is 5.54 Å². The molecule has 2 atom stereocenters. The highest BCUT2D eigenvalue weighted by Crippen LogP contribution is 2.09. The summed E-state index contributed by atoms with van der Waals surface area (Å²) in [5.41, 5.74) is 4.78. The highest BCUT2D eigenvalue weighted by Gasteiger charge is 2.30. The molecule has 0 aromatic heterocycles. The first-order chi connectivity index (χ1) is 6.85. The van der Waals surface area contributed by atoms with Gasteiger partial charge in [0.1, 0.15) is 6.04 Å². The van der Waals surface area contributed by atoms with Crippen molar-refractivity contribution in [3.63, 3.8) is 0 Å². The Balaban J connectivity index is 4.40. The summed E-state index contributed by atoms with van der Waals surface area (Å²) in [4.78, 5) is 22.3. The van der Waals surface area contributed by atoms with E-state index < -0.39 is 23.5 Å². The molecule has 0 spiro atoms. The van der Waals surface area contributed by atoms with E-state index in [9.17, 15) is 9.59 Å². The van der Waals surface area contributed by atoms with Crippen LogP contribution in [0.1, 0.15) is 40.0 Å². The van der Waals surface area contributed by atoms with E-state index in [1.807, 2.05) is 6.92 Å². The SMILES string of the molecule is CCCC(C)(N)C(=O)N[C@H](CC)C(=O)O. The summed E-state index contributed by atoms with van der Waals surface area (Å²) in [7, 11) is 0. The maximum absolute atomic E-state index is 11.6. The van der Waals surface area contributed by atoms with Crippen LogP contribution in [0, 0.1) is 0 Å². The van der Waals surface area contributed by atoms with Crippen molar-refractivity contribution >= 4 is 11.9 Å². The van der Waals surface area contributed by atoms with Gasteiger partial charge >= 0.3 is 5.97 Å². The first-order valence-corrected chi connectivity index (χ1v) is 5.17. The number of nitrogens with two attached hydrogens (primary N) is 1. The van der Waals surface area contributed by atoms with Crippen LogP contribution in [0.3, 0.4) is 0 Å². The van der Waals surface area contributed by atoms with Gasteiger partial charge in [-0.3, -0.25) is 4.79 Å². The third-order valence-electron chi connectivity index (χ3n) is 2.30. The molecule has 1 unspecified atom stereocenters. The summed E-state index contributed by atoms with van der Waals surface area (Å²) in [6, 6.07) is -0.850. The van der Waals surface area contributed by atoms with Gasteiger partial charge in [-0.05, 0) is 19.8 Å². The standard InChI is InChI=1S/C10H20N2O3/c1-4-6-10(3,11)9(15)12-7(5-2)8(13)14/h7H,4-6,11H2,1-3H3,(H,12,15)(H,13,14)/t7-,10?/m1/s1. The van der Waals surface area contributed by atoms with Gasteiger partial charge in [-0.1, -0.05) is 20.3 Å². The van der Waals surface area contributed by atoms with Crippen molar-refractivity contribution in [2.75, 3.05) is 0 Å². The maximum atomic E-state index is 11.6. The number of carbonyl (C=O) groups excluding carboxylic acids is 1. The van der Waals surface area contributed by atoms with Gasteiger partial charge in [-0.25, -0.2) is 4.79 Å². The van der Waals surface area contributed by atoms with Gasteiger partial charge in [0, 0.05) is 0 Å². The smallest absolute Gasteiger partial charge is 0.326 e. The predicted molar refractivity (Wildman–Crippen MR) is 57.4 cm³/mol. The lowest BCUT2D eigenvalue weighted by Crippen LogP contribution is -2.55. The molecular weight excluding hydrogens is 196 g/mol. The fraction of sp³-hybridized carbons (Fsp3) is 0.800. The van der Waals surface area contributed by atoms with Crippen LogP contribution in [0.2, 0.25) is 0 Å². The van der Waals surface area contributed by atoms with Crippen LogP contribution in [0.15, 0.2) is 0 Å². The fourth-order valence-electron chi connectivity index (χ4n) is 1.29. The Bertz CT molecular complexity index is 239. The molecule has 15 heavy (non-hydrogen) atoms. The minimum Gasteiger partial charge on any atom is -0.480 e. The van der Waals surface area contributed by atoms with Gasteiger partial charge in [-0.15, -0.1) is 0 Å². The van der Waals surface area contributed by atoms with Crippen LogP contribution >= 0.6 is 0 Å². The average molecular weight is 216 g/mol. The number of carboxylic acid groups (broad SMARTS) is 1. The molecule has 0 rings (SSSR count). The second-order valence-corrected chi connectivity index (χ2v) is 3.94. The average Bonchev–Trinajstić information content (AvgIpc) is 2.12. The molecule has 0 aliphatic carbocycles. The molecule has 0 aromatic rings. The van der Waals surface area contributed by atoms with E-state index >= 15 is 0 Å². The van der Waals surface area contributed by atoms with Crippen LogP contribution < -0.4 is 11.1 Å². The molecule has 0 bridgehead atoms. The summed E-state index contributed by atoms with van der Waals surface area (Å²) in [6.07, 6.45) is 1.67. The van der Waals surface area contributed by atoms with Crippen LogP contribution in [0.25, 0.3) is 0 Å². The number of nitrogens with one attached hydrogen (secondary N) is 1. The maximum Gasteiger partial charge on any atom is 0.326 e. The number of hydrogen-bond donors (Lipinski definition) is 3. The Kier molecular flexibility index (Phi) is 5.28. The molecule has 5 heteroatoms. The molecule has 0 aliphatic heterocycles. The zero-order chi connectivity index (χ0) is 12.1. The molecule has 0 aliphatic rings. The Hall–Kier alpha value is -1.10. The zero-order valence-electron chi connectivity index (χ0n) is 9.54. The summed E-state index contributed by atoms with van der Waals surface area (Å²) in [5.74, 6) is -1.43. The summed E-state index contributed by atoms with van der Waals surface area (Å²) in [5, 5.41) is 11.2. The summed E-state index contributed by atoms with van der Waals surface area (Å²) in [6.45, 7) is 5.24. The molecule has 0 aromatic carbocycles. The number of carbonyl (C=O) groups is 2. The third kappa shape index (κ3) is 4.29. The number of aliphatic carboxylic acids is 1. The van der Waals surface area contributed by atoms with Gasteiger partial charge in [0.15, 0.2) is 0 Å². The molecule has 0 saturated carbocycles. The van der Waals surface area contributed by atoms with Crippen LogP contribution in [0.4, 0.5) is 0 Å². The molecule has 5 nitrogen and oxygen atoms in total. The molecule has 0 saturated heterocycles. The highest BCUT2D eigenvalue weighted by molar-refractivity contribution is 5.89. The first-order valence-electron chi connectivity index (χ1n) is 5.17. The lowest BCUT2D eigenvalue weighted by molar-refractivity contribution is -0.142. The van der Waals surface area contributed by atoms with Gasteiger partial charge in [0.25, 0.3) is 0 Å². The zero-order valence-corrected chi connectivity index (χ0v) is 9.54. The van der Waals surface area contributed by atoms with Crippen molar-refractivity contribution in [1.82, 2.24) is 5.32 Å². The quantitative estimate of drug-likeness (QED) is 0.602. The van der Waals surface area contributed by atoms with E-state index in [1.165, 1.54) is 0 Å². The minimum absolute atomic E-state index is 0.350. The van der Waals surface area contributed by atoms with Crippen LogP contribution in [-0.4, -0.2) is 28.6 Å². The lowest BCUT2D eigenvalue weighted by atomic mass is 9.96. The first kappa shape index (κ1) is 13.9. The minimum atomic E-state index is -1.03. The molecule has 4 N–H and O–H groups in total. The van der Waals surface area contributed by atoms with Gasteiger partial charge in [0.2, 0.25) is 5.91 Å². The Morgan fingerprint density at radius 2 is 2.00 bits per heavy atom. The second kappa shape index (κ2) is 5.70. The molecule has 0 fully saturated rings. The number of hydrogen-bond acceptors (Lipinski definition) is 3. The van der Waals surface area contributed by atoms with E-state index in [0.717, 1.165) is 6.42 Å². The van der Waals surface area contributed by atoms with Gasteiger partial charge in [-0.2, -0.15) is 0 Å².